The van der Waals surface area contributed by atoms with Gasteiger partial charge in [-0.2, -0.15) is 0 Å². The van der Waals surface area contributed by atoms with Crippen LogP contribution < -0.4 is 10.5 Å². The number of nitrogens with two attached hydrogens (primary N) is 1. The number of fused-ring (bicyclic) bond motifs is 3. The van der Waals surface area contributed by atoms with Crippen LogP contribution in [0.2, 0.25) is 0 Å². The van der Waals surface area contributed by atoms with Crippen LogP contribution in [0.3, 0.4) is 0 Å². The summed E-state index contributed by atoms with van der Waals surface area (Å²) in [5.41, 5.74) is 1.70. The van der Waals surface area contributed by atoms with Crippen molar-refractivity contribution in [2.45, 2.75) is 56.1 Å². The van der Waals surface area contributed by atoms with Crippen molar-refractivity contribution < 1.29 is 73.8 Å². The minimum Gasteiger partial charge on any atom is -0.507 e. The Labute approximate surface area is 265 Å². The van der Waals surface area contributed by atoms with Crippen LogP contribution in [-0.4, -0.2) is 97.8 Å². The zero-order valence-corrected chi connectivity index (χ0v) is 24.9. The number of hydrogen-bond donors (Lipinski definition) is 7. The summed E-state index contributed by atoms with van der Waals surface area (Å²) >= 11 is 0. The number of hydrogen-bond acceptors (Lipinski definition) is 17. The van der Waals surface area contributed by atoms with Crippen LogP contribution in [-0.2, 0) is 35.1 Å². The number of phenols is 2. The lowest BCUT2D eigenvalue weighted by Crippen LogP contribution is -2.48. The van der Waals surface area contributed by atoms with Crippen LogP contribution in [0.5, 0.6) is 17.2 Å². The maximum atomic E-state index is 13.8. The Morgan fingerprint density at radius 1 is 1.09 bits per heavy atom. The Bertz CT molecular complexity index is 1650. The first-order valence-electron chi connectivity index (χ1n) is 14.3. The molecule has 8 N–H and O–H groups in total. The number of rotatable bonds is 11. The van der Waals surface area contributed by atoms with Crippen LogP contribution in [0.15, 0.2) is 30.2 Å². The maximum Gasteiger partial charge on any atom is 0.306 e. The number of benzene rings is 2. The molecule has 0 amide bonds. The summed E-state index contributed by atoms with van der Waals surface area (Å²) in [7, 11) is 1.29. The number of aromatic hydroxyl groups is 2. The molecule has 2 aliphatic carbocycles. The highest BCUT2D eigenvalue weighted by Gasteiger charge is 2.50. The lowest BCUT2D eigenvalue weighted by molar-refractivity contribution is -0.492. The molecule has 17 heteroatoms. The average molecular weight is 661 g/mol. The highest BCUT2D eigenvalue weighted by molar-refractivity contribution is 6.31. The van der Waals surface area contributed by atoms with E-state index in [1.807, 2.05) is 0 Å². The number of aliphatic hydroxyl groups excluding tert-OH is 1. The molecule has 2 aromatic rings. The first-order chi connectivity index (χ1) is 22.3. The predicted molar refractivity (Wildman–Crippen MR) is 151 cm³/mol. The number of carbonyl (C=O) groups excluding carboxylic acids is 4. The van der Waals surface area contributed by atoms with E-state index in [2.05, 4.69) is 4.84 Å². The van der Waals surface area contributed by atoms with Crippen molar-refractivity contribution in [1.82, 2.24) is 5.39 Å². The van der Waals surface area contributed by atoms with Gasteiger partial charge in [-0.3, -0.25) is 34.4 Å². The number of carbonyl (C=O) groups is 4. The molecule has 1 aliphatic heterocycles. The molecule has 0 saturated heterocycles. The fraction of sp³-hybridized carbons (Fsp3) is 0.400. The SMILES string of the molecule is COc1cccc2c1C(=O)c1c(O)c3c(c(O)c1C2=O)C[C@@](O)(C(=O)COC(=O)CCCON(O)O)C[C@@H]3OC1CC(N)C(O)=CO1. The molecule has 5 rings (SSSR count). The van der Waals surface area contributed by atoms with Gasteiger partial charge in [-0.05, 0) is 12.5 Å². The highest BCUT2D eigenvalue weighted by Crippen LogP contribution is 2.52. The number of aliphatic hydroxyl groups is 2. The van der Waals surface area contributed by atoms with Gasteiger partial charge in [0.15, 0.2) is 12.4 Å². The average Bonchev–Trinajstić information content (AvgIpc) is 3.03. The van der Waals surface area contributed by atoms with Gasteiger partial charge in [-0.1, -0.05) is 12.1 Å². The largest absolute Gasteiger partial charge is 0.507 e. The van der Waals surface area contributed by atoms with Gasteiger partial charge in [0.05, 0.1) is 47.9 Å². The Kier molecular flexibility index (Phi) is 9.51. The van der Waals surface area contributed by atoms with Crippen molar-refractivity contribution in [3.63, 3.8) is 0 Å². The second-order valence-electron chi connectivity index (χ2n) is 11.1. The molecular weight excluding hydrogens is 628 g/mol. The summed E-state index contributed by atoms with van der Waals surface area (Å²) in [5.74, 6) is -5.29. The minimum atomic E-state index is -2.40. The molecule has 0 fully saturated rings. The van der Waals surface area contributed by atoms with Gasteiger partial charge in [-0.25, -0.2) is 0 Å². The van der Waals surface area contributed by atoms with E-state index in [-0.39, 0.29) is 59.6 Å². The smallest absolute Gasteiger partial charge is 0.306 e. The van der Waals surface area contributed by atoms with Crippen molar-refractivity contribution in [2.24, 2.45) is 5.73 Å². The number of Topliss-reactive ketones (excluding diaryl/α,β-unsaturated/α-hetero) is 1. The number of esters is 1. The van der Waals surface area contributed by atoms with Crippen molar-refractivity contribution in [3.8, 4) is 17.2 Å². The lowest BCUT2D eigenvalue weighted by atomic mass is 9.72. The fourth-order valence-corrected chi connectivity index (χ4v) is 5.85. The molecule has 2 unspecified atom stereocenters. The van der Waals surface area contributed by atoms with Crippen LogP contribution in [0.1, 0.15) is 74.8 Å². The van der Waals surface area contributed by atoms with E-state index >= 15 is 0 Å². The quantitative estimate of drug-likeness (QED) is 0.0654. The van der Waals surface area contributed by atoms with Crippen molar-refractivity contribution in [3.05, 3.63) is 63.6 Å². The summed E-state index contributed by atoms with van der Waals surface area (Å²) in [6.45, 7) is -1.19. The molecule has 0 radical (unpaired) electrons. The van der Waals surface area contributed by atoms with E-state index in [0.29, 0.717) is 0 Å². The van der Waals surface area contributed by atoms with E-state index in [9.17, 15) is 39.6 Å². The predicted octanol–water partition coefficient (Wildman–Crippen LogP) is 0.994. The first kappa shape index (κ1) is 33.7. The van der Waals surface area contributed by atoms with E-state index in [1.54, 1.807) is 0 Å². The van der Waals surface area contributed by atoms with Crippen LogP contribution in [0, 0.1) is 0 Å². The molecule has 2 aromatic carbocycles. The van der Waals surface area contributed by atoms with Crippen molar-refractivity contribution in [2.75, 3.05) is 20.3 Å². The van der Waals surface area contributed by atoms with Crippen LogP contribution in [0.4, 0.5) is 0 Å². The van der Waals surface area contributed by atoms with E-state index in [1.165, 1.54) is 25.3 Å². The molecule has 252 valence electrons. The van der Waals surface area contributed by atoms with Gasteiger partial charge in [0.1, 0.15) is 34.9 Å². The van der Waals surface area contributed by atoms with Gasteiger partial charge in [0.2, 0.25) is 17.9 Å². The van der Waals surface area contributed by atoms with Gasteiger partial charge >= 0.3 is 5.97 Å². The molecule has 3 aliphatic rings. The molecule has 0 aromatic heterocycles. The van der Waals surface area contributed by atoms with E-state index in [0.717, 1.165) is 6.26 Å². The third-order valence-electron chi connectivity index (χ3n) is 8.17. The van der Waals surface area contributed by atoms with Gasteiger partial charge in [-0.15, -0.1) is 0 Å². The van der Waals surface area contributed by atoms with Gasteiger partial charge < -0.3 is 45.1 Å². The monoisotopic (exact) mass is 660 g/mol. The zero-order chi connectivity index (χ0) is 34.2. The van der Waals surface area contributed by atoms with Gasteiger partial charge in [0, 0.05) is 42.4 Å². The zero-order valence-electron chi connectivity index (χ0n) is 24.9. The standard InChI is InChI=1S/C30H32N2O15/c1-43-17-5-2-4-13-22(17)28(38)25-24(26(13)36)27(37)14-9-30(40,19(34)12-44-20(35)6-3-7-46-32(41)42)10-18(23(14)29(25)39)47-21-8-15(31)16(33)11-45-21/h2,4-5,11,15,18,21,33,37,39-42H,3,6-10,12,31H2,1H3/t15?,18-,21?,30-/m0/s1. The first-order valence-corrected chi connectivity index (χ1v) is 14.3. The maximum absolute atomic E-state index is 13.8. The third-order valence-corrected chi connectivity index (χ3v) is 8.17. The number of phenolic OH excluding ortho intramolecular Hbond substituents is 2. The number of nitrogens with zero attached hydrogens (tertiary/aromatic N) is 1. The highest BCUT2D eigenvalue weighted by atomic mass is 17.1. The Morgan fingerprint density at radius 2 is 1.81 bits per heavy atom. The molecule has 0 bridgehead atoms. The molecule has 1 heterocycles. The topological polar surface area (TPSA) is 265 Å². The second-order valence-corrected chi connectivity index (χ2v) is 11.1. The fourth-order valence-electron chi connectivity index (χ4n) is 5.85. The summed E-state index contributed by atoms with van der Waals surface area (Å²) in [6.07, 6.45) is -3.39. The van der Waals surface area contributed by atoms with Gasteiger partial charge in [0.25, 0.3) is 0 Å². The summed E-state index contributed by atoms with van der Waals surface area (Å²) in [6, 6.07) is 3.36. The molecular formula is C30H32N2O15. The molecule has 17 nitrogen and oxygen atoms in total. The van der Waals surface area contributed by atoms with Crippen LogP contribution >= 0.6 is 0 Å². The van der Waals surface area contributed by atoms with E-state index < -0.39 is 94.8 Å². The van der Waals surface area contributed by atoms with E-state index in [4.69, 9.17) is 35.1 Å². The summed E-state index contributed by atoms with van der Waals surface area (Å²) in [5, 5.41) is 61.2. The Balaban J connectivity index is 1.51. The Morgan fingerprint density at radius 3 is 2.49 bits per heavy atom. The number of methoxy groups -OCH3 is 1. The summed E-state index contributed by atoms with van der Waals surface area (Å²) in [4.78, 5) is 57.3. The molecule has 47 heavy (non-hydrogen) atoms. The number of ketones is 3. The Hall–Kier alpha value is -4.62. The number of ether oxygens (including phenoxy) is 4. The van der Waals surface area contributed by atoms with Crippen molar-refractivity contribution in [1.29, 1.82) is 0 Å². The van der Waals surface area contributed by atoms with Crippen LogP contribution in [0.25, 0.3) is 0 Å². The molecule has 4 atom stereocenters. The lowest BCUT2D eigenvalue weighted by Gasteiger charge is -2.40. The normalized spacial score (nSPS) is 23.3. The molecule has 0 spiro atoms. The van der Waals surface area contributed by atoms with Crippen molar-refractivity contribution >= 4 is 23.3 Å². The third kappa shape index (κ3) is 6.37. The second kappa shape index (κ2) is 13.2. The summed E-state index contributed by atoms with van der Waals surface area (Å²) < 4.78 is 21.6. The minimum absolute atomic E-state index is 0.00820. The molecule has 0 saturated carbocycles.